The summed E-state index contributed by atoms with van der Waals surface area (Å²) in [5.41, 5.74) is 6.21. The van der Waals surface area contributed by atoms with Gasteiger partial charge in [0.15, 0.2) is 0 Å². The molecule has 1 unspecified atom stereocenters. The van der Waals surface area contributed by atoms with Crippen LogP contribution >= 0.6 is 0 Å². The maximum absolute atomic E-state index is 5.93. The Hall–Kier alpha value is -1.49. The number of rotatable bonds is 5. The fourth-order valence-electron chi connectivity index (χ4n) is 2.54. The minimum absolute atomic E-state index is 0.299. The Morgan fingerprint density at radius 1 is 1.43 bits per heavy atom. The molecule has 1 aromatic heterocycles. The second-order valence-corrected chi connectivity index (χ2v) is 6.73. The average molecular weight is 292 g/mol. The molecule has 1 fully saturated rings. The van der Waals surface area contributed by atoms with Gasteiger partial charge in [-0.2, -0.15) is 4.98 Å². The molecule has 0 aromatic carbocycles. The Labute approximate surface area is 127 Å². The van der Waals surface area contributed by atoms with Crippen LogP contribution in [0.25, 0.3) is 0 Å². The lowest BCUT2D eigenvalue weighted by Crippen LogP contribution is -2.25. The Kier molecular flexibility index (Phi) is 4.93. The highest BCUT2D eigenvalue weighted by atomic mass is 16.5. The van der Waals surface area contributed by atoms with Gasteiger partial charge in [0.2, 0.25) is 5.88 Å². The van der Waals surface area contributed by atoms with E-state index in [1.54, 1.807) is 0 Å². The molecule has 0 bridgehead atoms. The molecular formula is C16H28N4O. The van der Waals surface area contributed by atoms with Crippen molar-refractivity contribution in [3.8, 4) is 5.88 Å². The van der Waals surface area contributed by atoms with Gasteiger partial charge in [-0.05, 0) is 58.3 Å². The van der Waals surface area contributed by atoms with Crippen molar-refractivity contribution in [3.63, 3.8) is 0 Å². The van der Waals surface area contributed by atoms with Gasteiger partial charge in [0.25, 0.3) is 0 Å². The van der Waals surface area contributed by atoms with Crippen LogP contribution in [-0.4, -0.2) is 41.7 Å². The van der Waals surface area contributed by atoms with Gasteiger partial charge in [-0.15, -0.1) is 0 Å². The molecule has 1 atom stereocenters. The largest absolute Gasteiger partial charge is 0.470 e. The molecule has 3 N–H and O–H groups in total. The lowest BCUT2D eigenvalue weighted by Gasteiger charge is -2.22. The van der Waals surface area contributed by atoms with E-state index in [1.165, 1.54) is 19.5 Å². The normalized spacial score (nSPS) is 19.7. The number of hydrogen-bond acceptors (Lipinski definition) is 5. The number of likely N-dealkylation sites (tertiary alicyclic amines) is 1. The van der Waals surface area contributed by atoms with Gasteiger partial charge >= 0.3 is 0 Å². The summed E-state index contributed by atoms with van der Waals surface area (Å²) < 4.78 is 5.80. The summed E-state index contributed by atoms with van der Waals surface area (Å²) >= 11 is 0. The number of anilines is 2. The maximum Gasteiger partial charge on any atom is 0.239 e. The van der Waals surface area contributed by atoms with E-state index in [4.69, 9.17) is 10.5 Å². The van der Waals surface area contributed by atoms with Crippen molar-refractivity contribution in [2.24, 2.45) is 5.92 Å². The monoisotopic (exact) mass is 292 g/mol. The van der Waals surface area contributed by atoms with Crippen LogP contribution in [0.5, 0.6) is 5.88 Å². The molecule has 0 radical (unpaired) electrons. The van der Waals surface area contributed by atoms with E-state index in [2.05, 4.69) is 22.1 Å². The van der Waals surface area contributed by atoms with E-state index >= 15 is 0 Å². The van der Waals surface area contributed by atoms with Crippen LogP contribution in [0.4, 0.5) is 11.5 Å². The van der Waals surface area contributed by atoms with Crippen LogP contribution in [0.3, 0.4) is 0 Å². The number of nitrogens with two attached hydrogens (primary N) is 1. The van der Waals surface area contributed by atoms with Gasteiger partial charge in [-0.3, -0.25) is 0 Å². The summed E-state index contributed by atoms with van der Waals surface area (Å²) in [4.78, 5) is 6.97. The van der Waals surface area contributed by atoms with Gasteiger partial charge in [-0.25, -0.2) is 0 Å². The van der Waals surface area contributed by atoms with Crippen LogP contribution in [0.1, 0.15) is 34.1 Å². The van der Waals surface area contributed by atoms with Gasteiger partial charge in [-0.1, -0.05) is 6.92 Å². The fraction of sp³-hybridized carbons (Fsp3) is 0.688. The predicted octanol–water partition coefficient (Wildman–Crippen LogP) is 2.59. The summed E-state index contributed by atoms with van der Waals surface area (Å²) in [6.45, 7) is 12.7. The van der Waals surface area contributed by atoms with E-state index in [0.717, 1.165) is 18.9 Å². The molecule has 0 spiro atoms. The molecule has 118 valence electrons. The average Bonchev–Trinajstić information content (AvgIpc) is 2.86. The Morgan fingerprint density at radius 2 is 2.19 bits per heavy atom. The Bertz CT molecular complexity index is 470. The van der Waals surface area contributed by atoms with Crippen molar-refractivity contribution in [1.82, 2.24) is 9.88 Å². The highest BCUT2D eigenvalue weighted by Gasteiger charge is 2.21. The fourth-order valence-corrected chi connectivity index (χ4v) is 2.54. The van der Waals surface area contributed by atoms with Gasteiger partial charge in [0.1, 0.15) is 11.4 Å². The van der Waals surface area contributed by atoms with Crippen LogP contribution < -0.4 is 15.8 Å². The van der Waals surface area contributed by atoms with Gasteiger partial charge in [0, 0.05) is 13.1 Å². The third-order valence-electron chi connectivity index (χ3n) is 3.68. The number of nitrogen functional groups attached to an aromatic ring is 1. The van der Waals surface area contributed by atoms with Crippen molar-refractivity contribution in [3.05, 3.63) is 12.1 Å². The molecule has 1 aliphatic heterocycles. The topological polar surface area (TPSA) is 63.4 Å². The summed E-state index contributed by atoms with van der Waals surface area (Å²) in [5.74, 6) is 2.03. The molecule has 1 aromatic rings. The van der Waals surface area contributed by atoms with Crippen LogP contribution in [0.15, 0.2) is 12.1 Å². The number of hydrogen-bond donors (Lipinski definition) is 2. The molecule has 0 amide bonds. The van der Waals surface area contributed by atoms with Crippen molar-refractivity contribution in [2.75, 3.05) is 37.2 Å². The SMILES string of the molecule is CCN1CCC(CNc2ccc(N)c(OC(C)(C)C)n2)C1. The maximum atomic E-state index is 5.93. The first-order valence-corrected chi connectivity index (χ1v) is 7.79. The third-order valence-corrected chi connectivity index (χ3v) is 3.68. The highest BCUT2D eigenvalue weighted by Crippen LogP contribution is 2.25. The van der Waals surface area contributed by atoms with E-state index in [9.17, 15) is 0 Å². The smallest absolute Gasteiger partial charge is 0.239 e. The summed E-state index contributed by atoms with van der Waals surface area (Å²) in [7, 11) is 0. The number of nitrogens with zero attached hydrogens (tertiary/aromatic N) is 2. The predicted molar refractivity (Wildman–Crippen MR) is 87.7 cm³/mol. The van der Waals surface area contributed by atoms with Gasteiger partial charge < -0.3 is 20.7 Å². The Balaban J connectivity index is 1.93. The molecule has 5 heteroatoms. The first-order chi connectivity index (χ1) is 9.87. The molecular weight excluding hydrogens is 264 g/mol. The summed E-state index contributed by atoms with van der Waals surface area (Å²) in [5, 5.41) is 3.41. The first kappa shape index (κ1) is 15.9. The standard InChI is InChI=1S/C16H28N4O/c1-5-20-9-8-12(11-20)10-18-14-7-6-13(17)15(19-14)21-16(2,3)4/h6-7,12H,5,8-11,17H2,1-4H3,(H,18,19). The molecule has 21 heavy (non-hydrogen) atoms. The van der Waals surface area contributed by atoms with E-state index in [-0.39, 0.29) is 5.60 Å². The molecule has 0 aliphatic carbocycles. The van der Waals surface area contributed by atoms with Crippen molar-refractivity contribution >= 4 is 11.5 Å². The Morgan fingerprint density at radius 3 is 2.81 bits per heavy atom. The summed E-state index contributed by atoms with van der Waals surface area (Å²) in [6, 6.07) is 3.76. The number of nitrogens with one attached hydrogen (secondary N) is 1. The van der Waals surface area contributed by atoms with Crippen molar-refractivity contribution in [1.29, 1.82) is 0 Å². The minimum Gasteiger partial charge on any atom is -0.470 e. The van der Waals surface area contributed by atoms with Crippen LogP contribution in [0.2, 0.25) is 0 Å². The van der Waals surface area contributed by atoms with Crippen LogP contribution in [0, 0.1) is 5.92 Å². The van der Waals surface area contributed by atoms with E-state index in [0.29, 0.717) is 17.5 Å². The molecule has 5 nitrogen and oxygen atoms in total. The van der Waals surface area contributed by atoms with E-state index in [1.807, 2.05) is 32.9 Å². The van der Waals surface area contributed by atoms with E-state index < -0.39 is 0 Å². The molecule has 1 saturated heterocycles. The zero-order valence-corrected chi connectivity index (χ0v) is 13.6. The second-order valence-electron chi connectivity index (χ2n) is 6.73. The van der Waals surface area contributed by atoms with Gasteiger partial charge in [0.05, 0.1) is 5.69 Å². The quantitative estimate of drug-likeness (QED) is 0.873. The zero-order chi connectivity index (χ0) is 15.5. The molecule has 2 heterocycles. The van der Waals surface area contributed by atoms with Crippen molar-refractivity contribution in [2.45, 2.75) is 39.7 Å². The highest BCUT2D eigenvalue weighted by molar-refractivity contribution is 5.53. The van der Waals surface area contributed by atoms with Crippen LogP contribution in [-0.2, 0) is 0 Å². The number of aromatic nitrogens is 1. The second kappa shape index (κ2) is 6.52. The lowest BCUT2D eigenvalue weighted by atomic mass is 10.1. The third kappa shape index (κ3) is 4.77. The van der Waals surface area contributed by atoms with Crippen molar-refractivity contribution < 1.29 is 4.74 Å². The minimum atomic E-state index is -0.299. The first-order valence-electron chi connectivity index (χ1n) is 7.79. The lowest BCUT2D eigenvalue weighted by molar-refractivity contribution is 0.125. The zero-order valence-electron chi connectivity index (χ0n) is 13.6. The molecule has 1 aliphatic rings. The molecule has 0 saturated carbocycles. The number of ether oxygens (including phenoxy) is 1. The number of pyridine rings is 1. The molecule has 2 rings (SSSR count). The summed E-state index contributed by atoms with van der Waals surface area (Å²) in [6.07, 6.45) is 1.25.